The van der Waals surface area contributed by atoms with Crippen molar-refractivity contribution in [2.75, 3.05) is 12.3 Å². The zero-order valence-electron chi connectivity index (χ0n) is 12.7. The SMILES string of the molecule is CCS(=O)(=O)NCCCc1cccc(Oc2ccccc2)c1. The van der Waals surface area contributed by atoms with Crippen LogP contribution < -0.4 is 9.46 Å². The second kappa shape index (κ2) is 7.96. The molecule has 0 spiro atoms. The summed E-state index contributed by atoms with van der Waals surface area (Å²) in [6.07, 6.45) is 1.56. The van der Waals surface area contributed by atoms with E-state index in [2.05, 4.69) is 4.72 Å². The highest BCUT2D eigenvalue weighted by molar-refractivity contribution is 7.89. The van der Waals surface area contributed by atoms with Crippen LogP contribution in [0.2, 0.25) is 0 Å². The molecule has 22 heavy (non-hydrogen) atoms. The molecule has 0 amide bonds. The molecule has 2 aromatic carbocycles. The number of para-hydroxylation sites is 1. The van der Waals surface area contributed by atoms with Crippen molar-refractivity contribution in [3.05, 3.63) is 60.2 Å². The van der Waals surface area contributed by atoms with Crippen molar-refractivity contribution in [1.29, 1.82) is 0 Å². The first-order valence-corrected chi connectivity index (χ1v) is 9.03. The van der Waals surface area contributed by atoms with Crippen LogP contribution in [0.25, 0.3) is 0 Å². The Morgan fingerprint density at radius 2 is 1.73 bits per heavy atom. The molecule has 0 aliphatic rings. The van der Waals surface area contributed by atoms with Gasteiger partial charge in [0.15, 0.2) is 0 Å². The van der Waals surface area contributed by atoms with Crippen molar-refractivity contribution < 1.29 is 13.2 Å². The molecule has 0 bridgehead atoms. The quantitative estimate of drug-likeness (QED) is 0.759. The summed E-state index contributed by atoms with van der Waals surface area (Å²) >= 11 is 0. The summed E-state index contributed by atoms with van der Waals surface area (Å²) in [4.78, 5) is 0. The molecule has 1 N–H and O–H groups in total. The molecule has 0 heterocycles. The molecule has 118 valence electrons. The molecule has 0 fully saturated rings. The van der Waals surface area contributed by atoms with E-state index in [9.17, 15) is 8.42 Å². The van der Waals surface area contributed by atoms with Crippen LogP contribution in [0.5, 0.6) is 11.5 Å². The van der Waals surface area contributed by atoms with Gasteiger partial charge in [-0.15, -0.1) is 0 Å². The maximum absolute atomic E-state index is 11.3. The molecule has 5 heteroatoms. The summed E-state index contributed by atoms with van der Waals surface area (Å²) in [6, 6.07) is 17.5. The van der Waals surface area contributed by atoms with E-state index in [1.165, 1.54) is 0 Å². The Labute approximate surface area is 132 Å². The lowest BCUT2D eigenvalue weighted by molar-refractivity contribution is 0.482. The molecule has 2 aromatic rings. The van der Waals surface area contributed by atoms with Crippen LogP contribution in [-0.2, 0) is 16.4 Å². The normalized spacial score (nSPS) is 11.3. The Kier molecular flexibility index (Phi) is 5.98. The van der Waals surface area contributed by atoms with Crippen molar-refractivity contribution in [2.45, 2.75) is 19.8 Å². The van der Waals surface area contributed by atoms with Crippen LogP contribution in [0.1, 0.15) is 18.9 Å². The average molecular weight is 319 g/mol. The fourth-order valence-corrected chi connectivity index (χ4v) is 2.67. The third-order valence-electron chi connectivity index (χ3n) is 3.22. The van der Waals surface area contributed by atoms with Gasteiger partial charge in [-0.05, 0) is 49.6 Å². The molecule has 0 aliphatic heterocycles. The van der Waals surface area contributed by atoms with Gasteiger partial charge < -0.3 is 4.74 Å². The molecule has 0 saturated heterocycles. The fraction of sp³-hybridized carbons (Fsp3) is 0.294. The zero-order valence-corrected chi connectivity index (χ0v) is 13.5. The van der Waals surface area contributed by atoms with E-state index in [-0.39, 0.29) is 5.75 Å². The van der Waals surface area contributed by atoms with Gasteiger partial charge in [0.25, 0.3) is 0 Å². The zero-order chi connectivity index (χ0) is 15.8. The van der Waals surface area contributed by atoms with Gasteiger partial charge >= 0.3 is 0 Å². The maximum Gasteiger partial charge on any atom is 0.211 e. The molecular formula is C17H21NO3S. The Balaban J connectivity index is 1.86. The maximum atomic E-state index is 11.3. The third-order valence-corrected chi connectivity index (χ3v) is 4.63. The first-order valence-electron chi connectivity index (χ1n) is 7.38. The van der Waals surface area contributed by atoms with E-state index in [4.69, 9.17) is 4.74 Å². The summed E-state index contributed by atoms with van der Waals surface area (Å²) in [7, 11) is -3.10. The van der Waals surface area contributed by atoms with Gasteiger partial charge in [-0.2, -0.15) is 0 Å². The van der Waals surface area contributed by atoms with E-state index in [1.807, 2.05) is 54.6 Å². The van der Waals surface area contributed by atoms with E-state index in [0.717, 1.165) is 29.9 Å². The van der Waals surface area contributed by atoms with Crippen LogP contribution in [0.4, 0.5) is 0 Å². The summed E-state index contributed by atoms with van der Waals surface area (Å²) in [5.41, 5.74) is 1.13. The number of nitrogens with one attached hydrogen (secondary N) is 1. The Hall–Kier alpha value is -1.85. The third kappa shape index (κ3) is 5.50. The lowest BCUT2D eigenvalue weighted by Crippen LogP contribution is -2.26. The van der Waals surface area contributed by atoms with E-state index < -0.39 is 10.0 Å². The van der Waals surface area contributed by atoms with Crippen LogP contribution in [0.3, 0.4) is 0 Å². The summed E-state index contributed by atoms with van der Waals surface area (Å²) in [5.74, 6) is 1.71. The summed E-state index contributed by atoms with van der Waals surface area (Å²) in [5, 5.41) is 0. The van der Waals surface area contributed by atoms with Crippen LogP contribution in [-0.4, -0.2) is 20.7 Å². The number of ether oxygens (including phenoxy) is 1. The second-order valence-electron chi connectivity index (χ2n) is 4.96. The minimum absolute atomic E-state index is 0.118. The average Bonchev–Trinajstić information content (AvgIpc) is 2.53. The highest BCUT2D eigenvalue weighted by Gasteiger charge is 2.05. The van der Waals surface area contributed by atoms with Crippen LogP contribution >= 0.6 is 0 Å². The number of sulfonamides is 1. The highest BCUT2D eigenvalue weighted by Crippen LogP contribution is 2.22. The highest BCUT2D eigenvalue weighted by atomic mass is 32.2. The molecule has 0 unspecified atom stereocenters. The monoisotopic (exact) mass is 319 g/mol. The molecule has 2 rings (SSSR count). The lowest BCUT2D eigenvalue weighted by Gasteiger charge is -2.08. The number of benzene rings is 2. The first kappa shape index (κ1) is 16.5. The standard InChI is InChI=1S/C17H21NO3S/c1-2-22(19,20)18-13-7-9-15-8-6-12-17(14-15)21-16-10-4-3-5-11-16/h3-6,8,10-12,14,18H,2,7,9,13H2,1H3. The lowest BCUT2D eigenvalue weighted by atomic mass is 10.1. The molecule has 0 saturated carbocycles. The number of rotatable bonds is 8. The van der Waals surface area contributed by atoms with Gasteiger partial charge in [0.1, 0.15) is 11.5 Å². The van der Waals surface area contributed by atoms with E-state index in [0.29, 0.717) is 6.54 Å². The summed E-state index contributed by atoms with van der Waals surface area (Å²) in [6.45, 7) is 2.09. The predicted octanol–water partition coefficient (Wildman–Crippen LogP) is 3.35. The minimum Gasteiger partial charge on any atom is -0.457 e. The van der Waals surface area contributed by atoms with E-state index in [1.54, 1.807) is 6.92 Å². The Bertz CT molecular complexity index is 684. The molecular weight excluding hydrogens is 298 g/mol. The van der Waals surface area contributed by atoms with Gasteiger partial charge in [0, 0.05) is 6.54 Å². The number of hydrogen-bond acceptors (Lipinski definition) is 3. The smallest absolute Gasteiger partial charge is 0.211 e. The van der Waals surface area contributed by atoms with Gasteiger partial charge in [0.2, 0.25) is 10.0 Å². The molecule has 0 atom stereocenters. The fourth-order valence-electron chi connectivity index (χ4n) is 2.01. The van der Waals surface area contributed by atoms with Gasteiger partial charge in [0.05, 0.1) is 5.75 Å². The van der Waals surface area contributed by atoms with Crippen molar-refractivity contribution >= 4 is 10.0 Å². The number of aryl methyl sites for hydroxylation is 1. The topological polar surface area (TPSA) is 55.4 Å². The molecule has 0 aliphatic carbocycles. The van der Waals surface area contributed by atoms with Crippen LogP contribution in [0, 0.1) is 0 Å². The Morgan fingerprint density at radius 3 is 2.45 bits per heavy atom. The van der Waals surface area contributed by atoms with Gasteiger partial charge in [-0.3, -0.25) is 0 Å². The second-order valence-corrected chi connectivity index (χ2v) is 7.06. The van der Waals surface area contributed by atoms with Crippen molar-refractivity contribution in [3.63, 3.8) is 0 Å². The first-order chi connectivity index (χ1) is 10.6. The largest absolute Gasteiger partial charge is 0.457 e. The molecule has 0 radical (unpaired) electrons. The molecule has 4 nitrogen and oxygen atoms in total. The van der Waals surface area contributed by atoms with Crippen molar-refractivity contribution in [1.82, 2.24) is 4.72 Å². The Morgan fingerprint density at radius 1 is 1.00 bits per heavy atom. The van der Waals surface area contributed by atoms with Crippen molar-refractivity contribution in [2.24, 2.45) is 0 Å². The van der Waals surface area contributed by atoms with Gasteiger partial charge in [-0.25, -0.2) is 13.1 Å². The van der Waals surface area contributed by atoms with E-state index >= 15 is 0 Å². The van der Waals surface area contributed by atoms with Crippen molar-refractivity contribution in [3.8, 4) is 11.5 Å². The molecule has 0 aromatic heterocycles. The summed E-state index contributed by atoms with van der Waals surface area (Å²) < 4.78 is 31.0. The minimum atomic E-state index is -3.10. The number of hydrogen-bond donors (Lipinski definition) is 1. The predicted molar refractivity (Wildman–Crippen MR) is 88.7 cm³/mol. The van der Waals surface area contributed by atoms with Crippen LogP contribution in [0.15, 0.2) is 54.6 Å². The van der Waals surface area contributed by atoms with Gasteiger partial charge in [-0.1, -0.05) is 30.3 Å².